The smallest absolute Gasteiger partial charge is 0.354 e. The molecule has 0 unspecified atom stereocenters. The third-order valence-electron chi connectivity index (χ3n) is 5.97. The number of H-pyrrole nitrogens is 1. The molecule has 0 spiro atoms. The topological polar surface area (TPSA) is 48.1 Å². The number of nitrogens with zero attached hydrogens (tertiary/aromatic N) is 4. The lowest BCUT2D eigenvalue weighted by molar-refractivity contribution is -0.137. The number of alkyl halides is 3. The fourth-order valence-corrected chi connectivity index (χ4v) is 3.94. The van der Waals surface area contributed by atoms with E-state index in [9.17, 15) is 13.2 Å². The summed E-state index contributed by atoms with van der Waals surface area (Å²) in [5, 5.41) is 6.82. The molecule has 0 amide bonds. The highest BCUT2D eigenvalue weighted by Gasteiger charge is 2.31. The van der Waals surface area contributed by atoms with Crippen molar-refractivity contribution in [2.45, 2.75) is 47.2 Å². The lowest BCUT2D eigenvalue weighted by Gasteiger charge is -2.36. The average molecular weight is 528 g/mol. The monoisotopic (exact) mass is 527 g/mol. The molecule has 1 aliphatic rings. The fourth-order valence-electron chi connectivity index (χ4n) is 3.94. The minimum Gasteiger partial charge on any atom is -0.354 e. The summed E-state index contributed by atoms with van der Waals surface area (Å²) >= 11 is 0. The summed E-state index contributed by atoms with van der Waals surface area (Å²) in [6.45, 7) is 18.4. The Balaban J connectivity index is 0.000000947. The van der Waals surface area contributed by atoms with Gasteiger partial charge in [0.05, 0.1) is 11.8 Å². The van der Waals surface area contributed by atoms with E-state index >= 15 is 0 Å². The minimum atomic E-state index is -4.37. The van der Waals surface area contributed by atoms with E-state index in [1.165, 1.54) is 12.5 Å². The maximum atomic E-state index is 12.8. The van der Waals surface area contributed by atoms with Crippen LogP contribution in [0.25, 0.3) is 16.7 Å². The number of rotatable bonds is 6. The zero-order chi connectivity index (χ0) is 28.1. The van der Waals surface area contributed by atoms with Gasteiger partial charge in [0.15, 0.2) is 0 Å². The highest BCUT2D eigenvalue weighted by atomic mass is 19.4. The molecule has 1 aliphatic heterocycles. The van der Waals surface area contributed by atoms with E-state index in [-0.39, 0.29) is 0 Å². The number of pyridine rings is 1. The normalized spacial score (nSPS) is 14.2. The van der Waals surface area contributed by atoms with E-state index in [0.717, 1.165) is 59.7 Å². The lowest BCUT2D eigenvalue weighted by Crippen LogP contribution is -2.47. The van der Waals surface area contributed by atoms with Crippen LogP contribution in [0.15, 0.2) is 73.2 Å². The molecule has 8 heteroatoms. The Morgan fingerprint density at radius 3 is 2.08 bits per heavy atom. The van der Waals surface area contributed by atoms with Gasteiger partial charge < -0.3 is 4.90 Å². The third-order valence-corrected chi connectivity index (χ3v) is 5.97. The predicted octanol–water partition coefficient (Wildman–Crippen LogP) is 7.71. The zero-order valence-electron chi connectivity index (χ0n) is 23.1. The summed E-state index contributed by atoms with van der Waals surface area (Å²) in [6, 6.07) is 10.8. The Morgan fingerprint density at radius 1 is 0.974 bits per heavy atom. The number of aromatic amines is 1. The van der Waals surface area contributed by atoms with Crippen molar-refractivity contribution in [3.8, 4) is 11.1 Å². The molecule has 1 N–H and O–H groups in total. The Morgan fingerprint density at radius 2 is 1.61 bits per heavy atom. The van der Waals surface area contributed by atoms with Crippen LogP contribution >= 0.6 is 0 Å². The SMILES string of the molecule is C=C(/C(=C\C)CN1CCN(c2ccc(C(F)(F)F)cn2)CC1)c1ccc(-c2cn[nH]c2)cc1.CC.CCC. The van der Waals surface area contributed by atoms with Crippen LogP contribution in [0.4, 0.5) is 19.0 Å². The van der Waals surface area contributed by atoms with Crippen molar-refractivity contribution in [1.29, 1.82) is 0 Å². The van der Waals surface area contributed by atoms with Crippen molar-refractivity contribution in [1.82, 2.24) is 20.1 Å². The quantitative estimate of drug-likeness (QED) is 0.334. The highest BCUT2D eigenvalue weighted by Crippen LogP contribution is 2.30. The molecule has 3 aromatic rings. The van der Waals surface area contributed by atoms with Crippen LogP contribution < -0.4 is 4.90 Å². The van der Waals surface area contributed by atoms with Crippen molar-refractivity contribution < 1.29 is 13.2 Å². The number of hydrogen-bond donors (Lipinski definition) is 1. The molecule has 0 aliphatic carbocycles. The number of nitrogens with one attached hydrogen (secondary N) is 1. The van der Waals surface area contributed by atoms with Gasteiger partial charge in [0.1, 0.15) is 5.82 Å². The van der Waals surface area contributed by atoms with Gasteiger partial charge in [-0.15, -0.1) is 0 Å². The molecular weight excluding hydrogens is 487 g/mol. The lowest BCUT2D eigenvalue weighted by atomic mass is 9.96. The van der Waals surface area contributed by atoms with Gasteiger partial charge in [-0.05, 0) is 41.3 Å². The first-order valence-corrected chi connectivity index (χ1v) is 13.2. The summed E-state index contributed by atoms with van der Waals surface area (Å²) in [5.41, 5.74) is 4.63. The molecular formula is C30H40F3N5. The summed E-state index contributed by atoms with van der Waals surface area (Å²) < 4.78 is 38.3. The van der Waals surface area contributed by atoms with Crippen LogP contribution in [0.2, 0.25) is 0 Å². The first kappa shape index (κ1) is 30.8. The van der Waals surface area contributed by atoms with Crippen LogP contribution in [0.3, 0.4) is 0 Å². The molecule has 2 aromatic heterocycles. The number of aromatic nitrogens is 3. The molecule has 3 heterocycles. The van der Waals surface area contributed by atoms with Gasteiger partial charge in [-0.1, -0.05) is 71.0 Å². The largest absolute Gasteiger partial charge is 0.417 e. The Hall–Kier alpha value is -3.39. The molecule has 1 aromatic carbocycles. The Labute approximate surface area is 225 Å². The molecule has 1 fully saturated rings. The maximum Gasteiger partial charge on any atom is 0.417 e. The molecule has 0 atom stereocenters. The van der Waals surface area contributed by atoms with Gasteiger partial charge in [0, 0.05) is 50.7 Å². The molecule has 0 radical (unpaired) electrons. The predicted molar refractivity (Wildman–Crippen MR) is 152 cm³/mol. The Bertz CT molecular complexity index is 1110. The molecule has 0 saturated carbocycles. The Kier molecular flexibility index (Phi) is 12.3. The van der Waals surface area contributed by atoms with Crippen molar-refractivity contribution >= 4 is 11.4 Å². The van der Waals surface area contributed by atoms with Gasteiger partial charge in [0.2, 0.25) is 0 Å². The van der Waals surface area contributed by atoms with Gasteiger partial charge in [0.25, 0.3) is 0 Å². The number of allylic oxidation sites excluding steroid dienone is 1. The average Bonchev–Trinajstić information content (AvgIpc) is 3.48. The molecule has 206 valence electrons. The summed E-state index contributed by atoms with van der Waals surface area (Å²) in [4.78, 5) is 8.38. The molecule has 0 bridgehead atoms. The van der Waals surface area contributed by atoms with Crippen molar-refractivity contribution in [3.63, 3.8) is 0 Å². The number of piperazine rings is 1. The second kappa shape index (κ2) is 15.1. The standard InChI is InChI=1S/C25H26F3N5.C3H8.C2H6/c1-3-19(18(2)20-4-6-21(7-5-20)22-14-30-31-15-22)17-32-10-12-33(13-11-32)24-9-8-23(16-29-24)25(26,27)28;1-3-2;1-2/h3-9,14-16H,2,10-13,17H2,1H3,(H,30,31);3H2,1-2H3;1-2H3/b19-3-;;. The van der Waals surface area contributed by atoms with Crippen molar-refractivity contribution in [3.05, 3.63) is 84.3 Å². The van der Waals surface area contributed by atoms with Crippen LogP contribution in [0.5, 0.6) is 0 Å². The van der Waals surface area contributed by atoms with Crippen LogP contribution in [-0.2, 0) is 6.18 Å². The summed E-state index contributed by atoms with van der Waals surface area (Å²) in [5.74, 6) is 0.580. The van der Waals surface area contributed by atoms with Crippen molar-refractivity contribution in [2.24, 2.45) is 0 Å². The number of halogens is 3. The number of anilines is 1. The molecule has 38 heavy (non-hydrogen) atoms. The van der Waals surface area contributed by atoms with E-state index in [0.29, 0.717) is 18.9 Å². The number of benzene rings is 1. The molecule has 1 saturated heterocycles. The third kappa shape index (κ3) is 8.58. The molecule has 5 nitrogen and oxygen atoms in total. The second-order valence-corrected chi connectivity index (χ2v) is 8.73. The number of hydrogen-bond acceptors (Lipinski definition) is 4. The van der Waals surface area contributed by atoms with Crippen LogP contribution in [0.1, 0.15) is 52.2 Å². The van der Waals surface area contributed by atoms with Crippen LogP contribution in [0, 0.1) is 0 Å². The van der Waals surface area contributed by atoms with Gasteiger partial charge in [-0.2, -0.15) is 18.3 Å². The van der Waals surface area contributed by atoms with E-state index in [4.69, 9.17) is 0 Å². The van der Waals surface area contributed by atoms with E-state index < -0.39 is 11.7 Å². The van der Waals surface area contributed by atoms with E-state index in [1.54, 1.807) is 6.20 Å². The van der Waals surface area contributed by atoms with Crippen LogP contribution in [-0.4, -0.2) is 52.8 Å². The van der Waals surface area contributed by atoms with E-state index in [2.05, 4.69) is 70.8 Å². The highest BCUT2D eigenvalue weighted by molar-refractivity contribution is 5.79. The summed E-state index contributed by atoms with van der Waals surface area (Å²) in [6.07, 6.45) is 3.54. The molecule has 4 rings (SSSR count). The van der Waals surface area contributed by atoms with E-state index in [1.807, 2.05) is 31.9 Å². The van der Waals surface area contributed by atoms with Gasteiger partial charge in [-0.3, -0.25) is 10.00 Å². The maximum absolute atomic E-state index is 12.8. The first-order chi connectivity index (χ1) is 18.3. The second-order valence-electron chi connectivity index (χ2n) is 8.73. The first-order valence-electron chi connectivity index (χ1n) is 13.2. The van der Waals surface area contributed by atoms with Gasteiger partial charge >= 0.3 is 6.18 Å². The summed E-state index contributed by atoms with van der Waals surface area (Å²) in [7, 11) is 0. The van der Waals surface area contributed by atoms with Gasteiger partial charge in [-0.25, -0.2) is 4.98 Å². The minimum absolute atomic E-state index is 0.580. The zero-order valence-corrected chi connectivity index (χ0v) is 23.1. The fraction of sp³-hybridized carbons (Fsp3) is 0.400. The van der Waals surface area contributed by atoms with Crippen molar-refractivity contribution in [2.75, 3.05) is 37.6 Å².